The normalized spacial score (nSPS) is 24.2. The molecule has 21 heavy (non-hydrogen) atoms. The zero-order chi connectivity index (χ0) is 15.4. The van der Waals surface area contributed by atoms with Crippen molar-refractivity contribution in [2.24, 2.45) is 0 Å². The minimum Gasteiger partial charge on any atom is -0.377 e. The number of methoxy groups -OCH3 is 2. The van der Waals surface area contributed by atoms with Gasteiger partial charge in [0.05, 0.1) is 18.2 Å². The quantitative estimate of drug-likeness (QED) is 0.753. The molecule has 0 N–H and O–H groups in total. The summed E-state index contributed by atoms with van der Waals surface area (Å²) in [6.45, 7) is 5.53. The van der Waals surface area contributed by atoms with Crippen LogP contribution in [0.2, 0.25) is 0 Å². The molecule has 1 heterocycles. The Morgan fingerprint density at radius 2 is 1.71 bits per heavy atom. The monoisotopic (exact) mass is 291 g/mol. The van der Waals surface area contributed by atoms with Gasteiger partial charge < -0.3 is 9.47 Å². The number of nitrogens with zero attached hydrogens (tertiary/aromatic N) is 1. The summed E-state index contributed by atoms with van der Waals surface area (Å²) < 4.78 is 10.9. The van der Waals surface area contributed by atoms with Gasteiger partial charge >= 0.3 is 0 Å². The first kappa shape index (κ1) is 16.1. The van der Waals surface area contributed by atoms with Crippen molar-refractivity contribution >= 4 is 5.78 Å². The van der Waals surface area contributed by atoms with Crippen LogP contribution in [0.25, 0.3) is 0 Å². The van der Waals surface area contributed by atoms with Crippen molar-refractivity contribution in [1.82, 2.24) is 4.90 Å². The maximum atomic E-state index is 12.6. The maximum Gasteiger partial charge on any atom is 0.179 e. The summed E-state index contributed by atoms with van der Waals surface area (Å²) in [4.78, 5) is 14.7. The van der Waals surface area contributed by atoms with Crippen LogP contribution in [-0.2, 0) is 15.9 Å². The van der Waals surface area contributed by atoms with Crippen LogP contribution in [0.4, 0.5) is 0 Å². The van der Waals surface area contributed by atoms with Gasteiger partial charge in [0.25, 0.3) is 0 Å². The van der Waals surface area contributed by atoms with Crippen molar-refractivity contribution in [2.45, 2.75) is 38.5 Å². The number of ketones is 1. The molecule has 0 saturated carbocycles. The zero-order valence-electron chi connectivity index (χ0n) is 13.3. The smallest absolute Gasteiger partial charge is 0.179 e. The van der Waals surface area contributed by atoms with Gasteiger partial charge in [-0.05, 0) is 18.9 Å². The first-order valence-electron chi connectivity index (χ1n) is 7.53. The van der Waals surface area contributed by atoms with Crippen molar-refractivity contribution in [2.75, 3.05) is 27.3 Å². The molecule has 1 aliphatic heterocycles. The summed E-state index contributed by atoms with van der Waals surface area (Å²) in [6, 6.07) is 7.75. The molecule has 2 rings (SSSR count). The first-order chi connectivity index (χ1) is 10.1. The molecule has 1 aliphatic rings. The highest BCUT2D eigenvalue weighted by molar-refractivity contribution is 5.99. The molecule has 1 fully saturated rings. The highest BCUT2D eigenvalue weighted by Gasteiger charge is 2.37. The minimum absolute atomic E-state index is 0.0349. The topological polar surface area (TPSA) is 38.8 Å². The van der Waals surface area contributed by atoms with Crippen molar-refractivity contribution < 1.29 is 14.3 Å². The Morgan fingerprint density at radius 3 is 2.14 bits per heavy atom. The Hall–Kier alpha value is -1.23. The lowest BCUT2D eigenvalue weighted by molar-refractivity contribution is -0.00461. The number of aryl methyl sites for hydroxylation is 1. The van der Waals surface area contributed by atoms with Crippen LogP contribution in [-0.4, -0.2) is 56.2 Å². The lowest BCUT2D eigenvalue weighted by atomic mass is 10.0. The molecule has 3 unspecified atom stereocenters. The van der Waals surface area contributed by atoms with E-state index < -0.39 is 0 Å². The van der Waals surface area contributed by atoms with Gasteiger partial charge in [-0.1, -0.05) is 31.2 Å². The Balaban J connectivity index is 2.05. The van der Waals surface area contributed by atoms with Gasteiger partial charge in [-0.2, -0.15) is 0 Å². The molecule has 1 aromatic rings. The third kappa shape index (κ3) is 3.51. The van der Waals surface area contributed by atoms with Crippen LogP contribution < -0.4 is 0 Å². The largest absolute Gasteiger partial charge is 0.377 e. The number of hydrogen-bond acceptors (Lipinski definition) is 4. The molecule has 116 valence electrons. The van der Waals surface area contributed by atoms with Crippen LogP contribution in [0.5, 0.6) is 0 Å². The van der Waals surface area contributed by atoms with E-state index in [9.17, 15) is 4.79 Å². The summed E-state index contributed by atoms with van der Waals surface area (Å²) in [5.74, 6) is 0.157. The zero-order valence-corrected chi connectivity index (χ0v) is 13.3. The van der Waals surface area contributed by atoms with E-state index in [1.807, 2.05) is 31.2 Å². The standard InChI is InChI=1S/C17H25NO3/c1-5-13-6-8-14(9-7-13)17(19)12(2)18-10-15(20-3)16(11-18)21-4/h6-9,12,15-16H,5,10-11H2,1-4H3. The van der Waals surface area contributed by atoms with E-state index in [4.69, 9.17) is 9.47 Å². The molecule has 4 heteroatoms. The van der Waals surface area contributed by atoms with Crippen LogP contribution in [0.1, 0.15) is 29.8 Å². The van der Waals surface area contributed by atoms with Gasteiger partial charge in [-0.3, -0.25) is 9.69 Å². The number of rotatable bonds is 6. The number of carbonyl (C=O) groups is 1. The summed E-state index contributed by atoms with van der Waals surface area (Å²) in [6.07, 6.45) is 1.06. The summed E-state index contributed by atoms with van der Waals surface area (Å²) in [5, 5.41) is 0. The molecule has 0 radical (unpaired) electrons. The van der Waals surface area contributed by atoms with Gasteiger partial charge in [-0.15, -0.1) is 0 Å². The van der Waals surface area contributed by atoms with Crippen LogP contribution in [0.15, 0.2) is 24.3 Å². The highest BCUT2D eigenvalue weighted by atomic mass is 16.5. The third-order valence-corrected chi connectivity index (χ3v) is 4.42. The second-order valence-corrected chi connectivity index (χ2v) is 5.59. The Kier molecular flexibility index (Phi) is 5.51. The van der Waals surface area contributed by atoms with E-state index >= 15 is 0 Å². The van der Waals surface area contributed by atoms with Crippen LogP contribution in [0, 0.1) is 0 Å². The van der Waals surface area contributed by atoms with E-state index in [0.717, 1.165) is 25.1 Å². The Labute approximate surface area is 127 Å². The van der Waals surface area contributed by atoms with E-state index in [1.54, 1.807) is 14.2 Å². The average molecular weight is 291 g/mol. The number of likely N-dealkylation sites (tertiary alicyclic amines) is 1. The minimum atomic E-state index is -0.157. The molecule has 0 bridgehead atoms. The van der Waals surface area contributed by atoms with E-state index in [0.29, 0.717) is 0 Å². The summed E-state index contributed by atoms with van der Waals surface area (Å²) in [7, 11) is 3.38. The number of benzene rings is 1. The lowest BCUT2D eigenvalue weighted by Gasteiger charge is -2.22. The van der Waals surface area contributed by atoms with Gasteiger partial charge in [-0.25, -0.2) is 0 Å². The molecule has 0 spiro atoms. The number of ether oxygens (including phenoxy) is 2. The Morgan fingerprint density at radius 1 is 1.19 bits per heavy atom. The number of Topliss-reactive ketones (excluding diaryl/α,β-unsaturated/α-hetero) is 1. The lowest BCUT2D eigenvalue weighted by Crippen LogP contribution is -2.38. The van der Waals surface area contributed by atoms with E-state index in [-0.39, 0.29) is 24.0 Å². The molecule has 4 nitrogen and oxygen atoms in total. The fraction of sp³-hybridized carbons (Fsp3) is 0.588. The second kappa shape index (κ2) is 7.16. The second-order valence-electron chi connectivity index (χ2n) is 5.59. The Bertz CT molecular complexity index is 459. The molecular formula is C17H25NO3. The van der Waals surface area contributed by atoms with E-state index in [2.05, 4.69) is 11.8 Å². The van der Waals surface area contributed by atoms with Gasteiger partial charge in [0.1, 0.15) is 0 Å². The van der Waals surface area contributed by atoms with Crippen LogP contribution in [0.3, 0.4) is 0 Å². The molecule has 0 aromatic heterocycles. The summed E-state index contributed by atoms with van der Waals surface area (Å²) >= 11 is 0. The molecular weight excluding hydrogens is 266 g/mol. The predicted molar refractivity (Wildman–Crippen MR) is 82.8 cm³/mol. The highest BCUT2D eigenvalue weighted by Crippen LogP contribution is 2.20. The molecule has 3 atom stereocenters. The van der Waals surface area contributed by atoms with Crippen molar-refractivity contribution in [3.8, 4) is 0 Å². The molecule has 0 amide bonds. The predicted octanol–water partition coefficient (Wildman–Crippen LogP) is 2.17. The van der Waals surface area contributed by atoms with Crippen molar-refractivity contribution in [1.29, 1.82) is 0 Å². The fourth-order valence-electron chi connectivity index (χ4n) is 2.85. The first-order valence-corrected chi connectivity index (χ1v) is 7.53. The summed E-state index contributed by atoms with van der Waals surface area (Å²) in [5.41, 5.74) is 2.02. The SMILES string of the molecule is CCc1ccc(C(=O)C(C)N2CC(OC)C(OC)C2)cc1. The fourth-order valence-corrected chi connectivity index (χ4v) is 2.85. The third-order valence-electron chi connectivity index (χ3n) is 4.42. The molecule has 1 saturated heterocycles. The van der Waals surface area contributed by atoms with Crippen LogP contribution >= 0.6 is 0 Å². The molecule has 0 aliphatic carbocycles. The number of carbonyl (C=O) groups excluding carboxylic acids is 1. The van der Waals surface area contributed by atoms with Gasteiger partial charge in [0.15, 0.2) is 5.78 Å². The number of hydrogen-bond donors (Lipinski definition) is 0. The van der Waals surface area contributed by atoms with Gasteiger partial charge in [0, 0.05) is 32.9 Å². The van der Waals surface area contributed by atoms with Crippen molar-refractivity contribution in [3.63, 3.8) is 0 Å². The van der Waals surface area contributed by atoms with Gasteiger partial charge in [0.2, 0.25) is 0 Å². The molecule has 1 aromatic carbocycles. The average Bonchev–Trinajstić information content (AvgIpc) is 2.96. The maximum absolute atomic E-state index is 12.6. The van der Waals surface area contributed by atoms with Crippen molar-refractivity contribution in [3.05, 3.63) is 35.4 Å². The van der Waals surface area contributed by atoms with E-state index in [1.165, 1.54) is 5.56 Å².